The van der Waals surface area contributed by atoms with E-state index in [9.17, 15) is 4.79 Å². The van der Waals surface area contributed by atoms with Crippen LogP contribution in [0.2, 0.25) is 0 Å². The number of H-pyrrole nitrogens is 1. The summed E-state index contributed by atoms with van der Waals surface area (Å²) < 4.78 is 10.8. The highest BCUT2D eigenvalue weighted by atomic mass is 16.5. The topological polar surface area (TPSA) is 83.4 Å². The first-order valence-electron chi connectivity index (χ1n) is 7.38. The van der Waals surface area contributed by atoms with Gasteiger partial charge in [0.05, 0.1) is 18.3 Å². The number of hydrogen-bond donors (Lipinski definition) is 2. The van der Waals surface area contributed by atoms with Gasteiger partial charge >= 0.3 is 6.03 Å². The minimum Gasteiger partial charge on any atom is -0.461 e. The molecule has 1 aliphatic rings. The maximum Gasteiger partial charge on any atom is 0.318 e. The number of methoxy groups -OCH3 is 1. The molecule has 2 amide bonds. The molecule has 0 bridgehead atoms. The van der Waals surface area contributed by atoms with E-state index < -0.39 is 0 Å². The number of ether oxygens (including phenoxy) is 1. The normalized spacial score (nSPS) is 17.9. The van der Waals surface area contributed by atoms with Crippen LogP contribution in [0.25, 0.3) is 0 Å². The molecule has 2 aromatic heterocycles. The molecule has 0 radical (unpaired) electrons. The van der Waals surface area contributed by atoms with Gasteiger partial charge in [0.25, 0.3) is 0 Å². The number of carbonyl (C=O) groups is 1. The molecule has 2 N–H and O–H groups in total. The average molecular weight is 304 g/mol. The van der Waals surface area contributed by atoms with Crippen LogP contribution >= 0.6 is 0 Å². The molecule has 7 nitrogen and oxygen atoms in total. The second-order valence-electron chi connectivity index (χ2n) is 5.33. The van der Waals surface area contributed by atoms with E-state index in [1.54, 1.807) is 13.3 Å². The molecule has 118 valence electrons. The zero-order chi connectivity index (χ0) is 15.4. The fourth-order valence-corrected chi connectivity index (χ4v) is 2.75. The minimum atomic E-state index is -0.0817. The SMILES string of the molecule is COCc1ccc([C@@H]2CCCN2C(=O)NCc2ccn[nH]2)o1. The highest BCUT2D eigenvalue weighted by Gasteiger charge is 2.32. The Kier molecular flexibility index (Phi) is 4.43. The molecule has 2 aromatic rings. The lowest BCUT2D eigenvalue weighted by Crippen LogP contribution is -2.39. The first kappa shape index (κ1) is 14.6. The van der Waals surface area contributed by atoms with Crippen LogP contribution in [0.1, 0.15) is 36.1 Å². The number of carbonyl (C=O) groups excluding carboxylic acids is 1. The second-order valence-corrected chi connectivity index (χ2v) is 5.33. The van der Waals surface area contributed by atoms with Crippen molar-refractivity contribution in [1.29, 1.82) is 0 Å². The summed E-state index contributed by atoms with van der Waals surface area (Å²) in [6.07, 6.45) is 3.56. The molecule has 7 heteroatoms. The molecule has 0 aliphatic carbocycles. The van der Waals surface area contributed by atoms with Crippen molar-refractivity contribution in [1.82, 2.24) is 20.4 Å². The van der Waals surface area contributed by atoms with E-state index in [2.05, 4.69) is 15.5 Å². The highest BCUT2D eigenvalue weighted by molar-refractivity contribution is 5.75. The number of nitrogens with one attached hydrogen (secondary N) is 2. The van der Waals surface area contributed by atoms with Crippen LogP contribution < -0.4 is 5.32 Å². The molecular weight excluding hydrogens is 284 g/mol. The van der Waals surface area contributed by atoms with Crippen molar-refractivity contribution in [3.63, 3.8) is 0 Å². The molecule has 1 aliphatic heterocycles. The van der Waals surface area contributed by atoms with Crippen LogP contribution in [0.4, 0.5) is 4.79 Å². The van der Waals surface area contributed by atoms with Gasteiger partial charge in [-0.2, -0.15) is 5.10 Å². The summed E-state index contributed by atoms with van der Waals surface area (Å²) in [6.45, 7) is 1.62. The van der Waals surface area contributed by atoms with E-state index >= 15 is 0 Å². The number of aromatic amines is 1. The van der Waals surface area contributed by atoms with Crippen LogP contribution in [0.15, 0.2) is 28.8 Å². The van der Waals surface area contributed by atoms with E-state index in [1.807, 2.05) is 23.1 Å². The Morgan fingerprint density at radius 3 is 3.23 bits per heavy atom. The Bertz CT molecular complexity index is 608. The summed E-state index contributed by atoms with van der Waals surface area (Å²) in [7, 11) is 1.63. The molecule has 0 spiro atoms. The predicted octanol–water partition coefficient (Wildman–Crippen LogP) is 2.20. The smallest absolute Gasteiger partial charge is 0.318 e. The molecule has 1 saturated heterocycles. The highest BCUT2D eigenvalue weighted by Crippen LogP contribution is 2.33. The maximum atomic E-state index is 12.4. The molecule has 1 atom stereocenters. The van der Waals surface area contributed by atoms with Gasteiger partial charge in [0.2, 0.25) is 0 Å². The van der Waals surface area contributed by atoms with E-state index in [-0.39, 0.29) is 12.1 Å². The number of rotatable bonds is 5. The van der Waals surface area contributed by atoms with Crippen LogP contribution in [0.5, 0.6) is 0 Å². The van der Waals surface area contributed by atoms with Gasteiger partial charge in [0, 0.05) is 19.9 Å². The van der Waals surface area contributed by atoms with Crippen molar-refractivity contribution in [2.75, 3.05) is 13.7 Å². The molecule has 0 unspecified atom stereocenters. The molecule has 0 aromatic carbocycles. The Balaban J connectivity index is 1.62. The fraction of sp³-hybridized carbons (Fsp3) is 0.467. The predicted molar refractivity (Wildman–Crippen MR) is 78.9 cm³/mol. The van der Waals surface area contributed by atoms with Crippen LogP contribution in [-0.2, 0) is 17.9 Å². The van der Waals surface area contributed by atoms with Crippen molar-refractivity contribution in [2.45, 2.75) is 32.0 Å². The molecule has 22 heavy (non-hydrogen) atoms. The monoisotopic (exact) mass is 304 g/mol. The number of furan rings is 1. The Morgan fingerprint density at radius 1 is 1.55 bits per heavy atom. The van der Waals surface area contributed by atoms with E-state index in [1.165, 1.54) is 0 Å². The summed E-state index contributed by atoms with van der Waals surface area (Å²) >= 11 is 0. The lowest BCUT2D eigenvalue weighted by atomic mass is 10.2. The van der Waals surface area contributed by atoms with E-state index in [4.69, 9.17) is 9.15 Å². The third-order valence-electron chi connectivity index (χ3n) is 3.80. The number of hydrogen-bond acceptors (Lipinski definition) is 4. The van der Waals surface area contributed by atoms with Gasteiger partial charge in [-0.05, 0) is 31.0 Å². The number of aromatic nitrogens is 2. The van der Waals surface area contributed by atoms with Crippen molar-refractivity contribution in [3.05, 3.63) is 41.6 Å². The van der Waals surface area contributed by atoms with Gasteiger partial charge in [0.15, 0.2) is 0 Å². The van der Waals surface area contributed by atoms with Gasteiger partial charge in [-0.25, -0.2) is 4.79 Å². The maximum absolute atomic E-state index is 12.4. The van der Waals surface area contributed by atoms with Gasteiger partial charge in [-0.3, -0.25) is 5.10 Å². The van der Waals surface area contributed by atoms with Crippen LogP contribution in [0.3, 0.4) is 0 Å². The zero-order valence-electron chi connectivity index (χ0n) is 12.5. The van der Waals surface area contributed by atoms with Gasteiger partial charge in [-0.15, -0.1) is 0 Å². The first-order chi connectivity index (χ1) is 10.8. The van der Waals surface area contributed by atoms with Gasteiger partial charge < -0.3 is 19.4 Å². The third-order valence-corrected chi connectivity index (χ3v) is 3.80. The molecular formula is C15H20N4O3. The summed E-state index contributed by atoms with van der Waals surface area (Å²) in [4.78, 5) is 14.2. The lowest BCUT2D eigenvalue weighted by Gasteiger charge is -2.23. The average Bonchev–Trinajstić information content (AvgIpc) is 3.25. The first-order valence-corrected chi connectivity index (χ1v) is 7.38. The van der Waals surface area contributed by atoms with E-state index in [0.717, 1.165) is 36.6 Å². The minimum absolute atomic E-state index is 0.00706. The summed E-state index contributed by atoms with van der Waals surface area (Å²) in [5.41, 5.74) is 0.879. The Morgan fingerprint density at radius 2 is 2.45 bits per heavy atom. The van der Waals surface area contributed by atoms with E-state index in [0.29, 0.717) is 13.2 Å². The molecule has 1 fully saturated rings. The molecule has 0 saturated carbocycles. The van der Waals surface area contributed by atoms with Crippen molar-refractivity contribution >= 4 is 6.03 Å². The summed E-state index contributed by atoms with van der Waals surface area (Å²) in [6, 6.07) is 5.58. The second kappa shape index (κ2) is 6.65. The third kappa shape index (κ3) is 3.14. The van der Waals surface area contributed by atoms with Crippen molar-refractivity contribution < 1.29 is 13.9 Å². The summed E-state index contributed by atoms with van der Waals surface area (Å²) in [5, 5.41) is 9.60. The van der Waals surface area contributed by atoms with Crippen LogP contribution in [-0.4, -0.2) is 34.8 Å². The Labute approximate surface area is 128 Å². The number of urea groups is 1. The van der Waals surface area contributed by atoms with Crippen LogP contribution in [0, 0.1) is 0 Å². The zero-order valence-corrected chi connectivity index (χ0v) is 12.5. The van der Waals surface area contributed by atoms with Crippen molar-refractivity contribution in [3.8, 4) is 0 Å². The Hall–Kier alpha value is -2.28. The molecule has 3 rings (SSSR count). The standard InChI is InChI=1S/C15H20N4O3/c1-21-10-12-4-5-14(22-12)13-3-2-8-19(13)15(20)16-9-11-6-7-17-18-11/h4-7,13H,2-3,8-10H2,1H3,(H,16,20)(H,17,18)/t13-/m0/s1. The fourth-order valence-electron chi connectivity index (χ4n) is 2.75. The van der Waals surface area contributed by atoms with Gasteiger partial charge in [-0.1, -0.05) is 0 Å². The number of likely N-dealkylation sites (tertiary alicyclic amines) is 1. The molecule has 3 heterocycles. The summed E-state index contributed by atoms with van der Waals surface area (Å²) in [5.74, 6) is 1.60. The van der Waals surface area contributed by atoms with Gasteiger partial charge in [0.1, 0.15) is 18.1 Å². The lowest BCUT2D eigenvalue weighted by molar-refractivity contribution is 0.156. The van der Waals surface area contributed by atoms with Crippen molar-refractivity contribution in [2.24, 2.45) is 0 Å². The largest absolute Gasteiger partial charge is 0.461 e. The number of amides is 2. The quantitative estimate of drug-likeness (QED) is 0.887. The number of nitrogens with zero attached hydrogens (tertiary/aromatic N) is 2.